The van der Waals surface area contributed by atoms with Crippen LogP contribution in [0.2, 0.25) is 0 Å². The third-order valence-corrected chi connectivity index (χ3v) is 8.95. The molecule has 2 aliphatic heterocycles. The van der Waals surface area contributed by atoms with Gasteiger partial charge in [0, 0.05) is 65.4 Å². The predicted octanol–water partition coefficient (Wildman–Crippen LogP) is 6.47. The van der Waals surface area contributed by atoms with Crippen molar-refractivity contribution in [3.63, 3.8) is 0 Å². The maximum atomic E-state index is 13.3. The number of benzene rings is 2. The molecular formula is C31H39BrN4O2. The summed E-state index contributed by atoms with van der Waals surface area (Å²) < 4.78 is 3.29. The molecule has 1 amide bonds. The Morgan fingerprint density at radius 3 is 2.32 bits per heavy atom. The lowest BCUT2D eigenvalue weighted by Gasteiger charge is -2.48. The van der Waals surface area contributed by atoms with Crippen molar-refractivity contribution in [1.29, 1.82) is 0 Å². The fourth-order valence-corrected chi connectivity index (χ4v) is 6.23. The van der Waals surface area contributed by atoms with Gasteiger partial charge in [-0.3, -0.25) is 20.0 Å². The van der Waals surface area contributed by atoms with Crippen LogP contribution in [0.4, 0.5) is 0 Å². The summed E-state index contributed by atoms with van der Waals surface area (Å²) >= 11 is 3.54. The van der Waals surface area contributed by atoms with Crippen molar-refractivity contribution in [2.24, 2.45) is 0 Å². The lowest BCUT2D eigenvalue weighted by molar-refractivity contribution is 0.0256. The van der Waals surface area contributed by atoms with Crippen molar-refractivity contribution in [1.82, 2.24) is 19.8 Å². The van der Waals surface area contributed by atoms with Crippen molar-refractivity contribution in [2.75, 3.05) is 32.8 Å². The molecular weight excluding hydrogens is 540 g/mol. The third kappa shape index (κ3) is 5.56. The van der Waals surface area contributed by atoms with Crippen LogP contribution in [-0.2, 0) is 11.4 Å². The van der Waals surface area contributed by atoms with E-state index in [4.69, 9.17) is 4.84 Å². The molecule has 5 rings (SSSR count). The summed E-state index contributed by atoms with van der Waals surface area (Å²) in [5, 5.41) is 1.14. The van der Waals surface area contributed by atoms with Crippen molar-refractivity contribution < 1.29 is 9.63 Å². The zero-order valence-electron chi connectivity index (χ0n) is 22.8. The zero-order chi connectivity index (χ0) is 26.7. The minimum Gasteiger partial charge on any atom is -0.348 e. The average molecular weight is 580 g/mol. The molecule has 2 aliphatic rings. The van der Waals surface area contributed by atoms with Crippen LogP contribution >= 0.6 is 15.9 Å². The lowest BCUT2D eigenvalue weighted by atomic mass is 9.85. The van der Waals surface area contributed by atoms with E-state index in [0.29, 0.717) is 6.61 Å². The number of aromatic nitrogens is 1. The Bertz CT molecular complexity index is 1300. The number of hydrogen-bond donors (Lipinski definition) is 1. The Kier molecular flexibility index (Phi) is 8.26. The number of piperidine rings is 2. The molecule has 3 aromatic rings. The van der Waals surface area contributed by atoms with Crippen LogP contribution in [0.3, 0.4) is 0 Å². The topological polar surface area (TPSA) is 49.7 Å². The number of hydroxylamine groups is 1. The maximum absolute atomic E-state index is 13.3. The zero-order valence-corrected chi connectivity index (χ0v) is 24.4. The van der Waals surface area contributed by atoms with Gasteiger partial charge in [0.05, 0.1) is 12.3 Å². The Labute approximate surface area is 234 Å². The molecule has 6 nitrogen and oxygen atoms in total. The highest BCUT2D eigenvalue weighted by atomic mass is 79.9. The molecule has 0 unspecified atom stereocenters. The maximum Gasteiger partial charge on any atom is 0.253 e. The van der Waals surface area contributed by atoms with Crippen LogP contribution in [-0.4, -0.2) is 58.6 Å². The standard InChI is InChI=1S/C31H39BrN4O2/c1-4-34-17-12-25-22-26(8-11-28(25)34)30(37)35-20-15-31(3,16-21-35)36-18-13-24(14-19-36)29(33-38-5-2)23-6-9-27(32)10-7-23/h6-12,17,22,33H,4-5,13-16,18-21H2,1-3H3. The molecule has 0 spiro atoms. The Morgan fingerprint density at radius 1 is 0.974 bits per heavy atom. The molecule has 202 valence electrons. The Hall–Kier alpha value is -2.61. The van der Waals surface area contributed by atoms with Gasteiger partial charge in [0.2, 0.25) is 0 Å². The molecule has 0 aliphatic carbocycles. The second-order valence-electron chi connectivity index (χ2n) is 10.7. The highest BCUT2D eigenvalue weighted by Gasteiger charge is 2.38. The average Bonchev–Trinajstić information content (AvgIpc) is 3.37. The minimum absolute atomic E-state index is 0.121. The highest BCUT2D eigenvalue weighted by molar-refractivity contribution is 9.10. The number of rotatable bonds is 7. The first-order valence-corrected chi connectivity index (χ1v) is 14.7. The number of likely N-dealkylation sites (tertiary alicyclic amines) is 2. The number of aryl methyl sites for hydroxylation is 1. The van der Waals surface area contributed by atoms with Crippen LogP contribution in [0, 0.1) is 0 Å². The largest absolute Gasteiger partial charge is 0.348 e. The number of hydrogen-bond acceptors (Lipinski definition) is 4. The van der Waals surface area contributed by atoms with Crippen LogP contribution in [0.1, 0.15) is 62.4 Å². The molecule has 2 aromatic carbocycles. The van der Waals surface area contributed by atoms with Crippen LogP contribution in [0.15, 0.2) is 64.8 Å². The number of fused-ring (bicyclic) bond motifs is 1. The molecule has 0 bridgehead atoms. The van der Waals surface area contributed by atoms with Gasteiger partial charge in [-0.2, -0.15) is 0 Å². The monoisotopic (exact) mass is 578 g/mol. The van der Waals surface area contributed by atoms with Crippen molar-refractivity contribution in [3.8, 4) is 0 Å². The molecule has 3 heterocycles. The number of nitrogens with one attached hydrogen (secondary N) is 1. The Balaban J connectivity index is 1.22. The van der Waals surface area contributed by atoms with E-state index >= 15 is 0 Å². The van der Waals surface area contributed by atoms with Crippen molar-refractivity contribution >= 4 is 38.4 Å². The van der Waals surface area contributed by atoms with Crippen molar-refractivity contribution in [3.05, 3.63) is 75.9 Å². The van der Waals surface area contributed by atoms with Crippen molar-refractivity contribution in [2.45, 2.75) is 58.5 Å². The first-order chi connectivity index (χ1) is 18.4. The van der Waals surface area contributed by atoms with Crippen LogP contribution < -0.4 is 5.48 Å². The smallest absolute Gasteiger partial charge is 0.253 e. The quantitative estimate of drug-likeness (QED) is 0.326. The number of carbonyl (C=O) groups is 1. The second-order valence-corrected chi connectivity index (χ2v) is 11.6. The molecule has 1 aromatic heterocycles. The van der Waals surface area contributed by atoms with E-state index in [9.17, 15) is 4.79 Å². The van der Waals surface area contributed by atoms with Crippen LogP contribution in [0.25, 0.3) is 16.6 Å². The number of carbonyl (C=O) groups excluding carboxylic acids is 1. The van der Waals surface area contributed by atoms with E-state index in [1.807, 2.05) is 17.9 Å². The molecule has 2 saturated heterocycles. The van der Waals surface area contributed by atoms with E-state index in [2.05, 4.69) is 93.4 Å². The Morgan fingerprint density at radius 2 is 1.66 bits per heavy atom. The number of halogens is 1. The normalized spacial score (nSPS) is 18.1. The first kappa shape index (κ1) is 27.0. The fraction of sp³-hybridized carbons (Fsp3) is 0.452. The molecule has 1 N–H and O–H groups in total. The van der Waals surface area contributed by atoms with Gasteiger partial charge < -0.3 is 9.47 Å². The second kappa shape index (κ2) is 11.6. The van der Waals surface area contributed by atoms with E-state index in [0.717, 1.165) is 85.1 Å². The summed E-state index contributed by atoms with van der Waals surface area (Å²) in [4.78, 5) is 23.7. The van der Waals surface area contributed by atoms with Gasteiger partial charge >= 0.3 is 0 Å². The van der Waals surface area contributed by atoms with E-state index < -0.39 is 0 Å². The van der Waals surface area contributed by atoms with Gasteiger partial charge in [-0.15, -0.1) is 0 Å². The molecule has 2 fully saturated rings. The minimum atomic E-state index is 0.121. The summed E-state index contributed by atoms with van der Waals surface area (Å²) in [7, 11) is 0. The SMILES string of the molecule is CCONC(=C1CCN(C2(C)CCN(C(=O)c3ccc4c(ccn4CC)c3)CC2)CC1)c1ccc(Br)cc1. The molecule has 0 atom stereocenters. The van der Waals surface area contributed by atoms with Crippen LogP contribution in [0.5, 0.6) is 0 Å². The number of nitrogens with zero attached hydrogens (tertiary/aromatic N) is 3. The summed E-state index contributed by atoms with van der Waals surface area (Å²) in [5.74, 6) is 0.156. The van der Waals surface area contributed by atoms with Gasteiger partial charge in [-0.05, 0) is 94.0 Å². The van der Waals surface area contributed by atoms with Gasteiger partial charge in [0.25, 0.3) is 5.91 Å². The fourth-order valence-electron chi connectivity index (χ4n) is 5.96. The summed E-state index contributed by atoms with van der Waals surface area (Å²) in [6, 6.07) is 16.7. The van der Waals surface area contributed by atoms with Gasteiger partial charge in [-0.25, -0.2) is 0 Å². The van der Waals surface area contributed by atoms with Gasteiger partial charge in [0.1, 0.15) is 0 Å². The molecule has 38 heavy (non-hydrogen) atoms. The summed E-state index contributed by atoms with van der Waals surface area (Å²) in [6.45, 7) is 11.7. The van der Waals surface area contributed by atoms with E-state index in [1.165, 1.54) is 11.1 Å². The molecule has 0 saturated carbocycles. The summed E-state index contributed by atoms with van der Waals surface area (Å²) in [5.41, 5.74) is 9.02. The molecule has 0 radical (unpaired) electrons. The number of amides is 1. The third-order valence-electron chi connectivity index (χ3n) is 8.42. The van der Waals surface area contributed by atoms with E-state index in [1.54, 1.807) is 0 Å². The highest BCUT2D eigenvalue weighted by Crippen LogP contribution is 2.35. The molecule has 7 heteroatoms. The lowest BCUT2D eigenvalue weighted by Crippen LogP contribution is -2.56. The van der Waals surface area contributed by atoms with E-state index in [-0.39, 0.29) is 11.4 Å². The predicted molar refractivity (Wildman–Crippen MR) is 158 cm³/mol. The van der Waals surface area contributed by atoms with Gasteiger partial charge in [-0.1, -0.05) is 28.1 Å². The first-order valence-electron chi connectivity index (χ1n) is 13.9. The van der Waals surface area contributed by atoms with Gasteiger partial charge in [0.15, 0.2) is 0 Å². The summed E-state index contributed by atoms with van der Waals surface area (Å²) in [6.07, 6.45) is 6.13.